The maximum Gasteiger partial charge on any atom is 0.239 e. The minimum absolute atomic E-state index is 0.0461. The van der Waals surface area contributed by atoms with E-state index < -0.39 is 0 Å². The second-order valence-corrected chi connectivity index (χ2v) is 8.29. The van der Waals surface area contributed by atoms with Crippen molar-refractivity contribution in [2.24, 2.45) is 0 Å². The number of fused-ring (bicyclic) bond motifs is 2. The Kier molecular flexibility index (Phi) is 5.26. The molecule has 2 aliphatic rings. The SMILES string of the molecule is O=C(CNc1cccc2c1CCCC2)N[C@H]1CCCN(c2ncnc3[nH]ccc23)C1. The van der Waals surface area contributed by atoms with Crippen LogP contribution in [0.15, 0.2) is 36.8 Å². The van der Waals surface area contributed by atoms with Crippen molar-refractivity contribution in [1.29, 1.82) is 0 Å². The lowest BCUT2D eigenvalue weighted by Gasteiger charge is -2.34. The predicted octanol–water partition coefficient (Wildman–Crippen LogP) is 3.03. The fraction of sp³-hybridized carbons (Fsp3) is 0.435. The molecule has 7 heteroatoms. The van der Waals surface area contributed by atoms with Gasteiger partial charge in [-0.3, -0.25) is 4.79 Å². The monoisotopic (exact) mass is 404 g/mol. The van der Waals surface area contributed by atoms with Gasteiger partial charge >= 0.3 is 0 Å². The number of amides is 1. The zero-order valence-corrected chi connectivity index (χ0v) is 17.2. The summed E-state index contributed by atoms with van der Waals surface area (Å²) in [6, 6.07) is 8.54. The Morgan fingerprint density at radius 2 is 2.10 bits per heavy atom. The summed E-state index contributed by atoms with van der Waals surface area (Å²) < 4.78 is 0. The molecule has 156 valence electrons. The number of nitrogens with one attached hydrogen (secondary N) is 3. The quantitative estimate of drug-likeness (QED) is 0.609. The molecule has 7 nitrogen and oxygen atoms in total. The van der Waals surface area contributed by atoms with E-state index in [4.69, 9.17) is 0 Å². The molecular weight excluding hydrogens is 376 g/mol. The summed E-state index contributed by atoms with van der Waals surface area (Å²) >= 11 is 0. The van der Waals surface area contributed by atoms with E-state index in [1.54, 1.807) is 6.33 Å². The molecule has 0 radical (unpaired) electrons. The molecule has 0 saturated carbocycles. The van der Waals surface area contributed by atoms with Gasteiger partial charge in [0.1, 0.15) is 17.8 Å². The highest BCUT2D eigenvalue weighted by molar-refractivity contribution is 5.87. The van der Waals surface area contributed by atoms with Crippen LogP contribution in [0.2, 0.25) is 0 Å². The Balaban J connectivity index is 1.20. The average Bonchev–Trinajstić information content (AvgIpc) is 3.27. The summed E-state index contributed by atoms with van der Waals surface area (Å²) in [4.78, 5) is 26.8. The fourth-order valence-corrected chi connectivity index (χ4v) is 4.80. The molecule has 1 saturated heterocycles. The molecule has 30 heavy (non-hydrogen) atoms. The molecule has 0 bridgehead atoms. The molecule has 3 N–H and O–H groups in total. The number of carbonyl (C=O) groups excluding carboxylic acids is 1. The van der Waals surface area contributed by atoms with Crippen molar-refractivity contribution in [3.63, 3.8) is 0 Å². The highest BCUT2D eigenvalue weighted by atomic mass is 16.2. The third-order valence-electron chi connectivity index (χ3n) is 6.25. The van der Waals surface area contributed by atoms with Gasteiger partial charge in [-0.15, -0.1) is 0 Å². The molecule has 1 aliphatic heterocycles. The molecular formula is C23H28N6O. The first kappa shape index (κ1) is 18.9. The third kappa shape index (κ3) is 3.84. The average molecular weight is 405 g/mol. The molecule has 0 spiro atoms. The van der Waals surface area contributed by atoms with Gasteiger partial charge in [-0.05, 0) is 61.8 Å². The van der Waals surface area contributed by atoms with Crippen molar-refractivity contribution in [3.05, 3.63) is 47.9 Å². The van der Waals surface area contributed by atoms with Gasteiger partial charge in [0.2, 0.25) is 5.91 Å². The number of H-pyrrole nitrogens is 1. The Hall–Kier alpha value is -3.09. The number of aromatic nitrogens is 3. The van der Waals surface area contributed by atoms with Crippen molar-refractivity contribution < 1.29 is 4.79 Å². The van der Waals surface area contributed by atoms with Gasteiger partial charge in [-0.25, -0.2) is 9.97 Å². The van der Waals surface area contributed by atoms with Gasteiger partial charge in [0.15, 0.2) is 0 Å². The topological polar surface area (TPSA) is 85.9 Å². The summed E-state index contributed by atoms with van der Waals surface area (Å²) in [5.41, 5.74) is 4.78. The van der Waals surface area contributed by atoms with E-state index in [-0.39, 0.29) is 11.9 Å². The lowest BCUT2D eigenvalue weighted by molar-refractivity contribution is -0.120. The van der Waals surface area contributed by atoms with E-state index in [1.807, 2.05) is 12.3 Å². The number of rotatable bonds is 5. The van der Waals surface area contributed by atoms with Gasteiger partial charge in [0, 0.05) is 31.0 Å². The molecule has 0 unspecified atom stereocenters. The Morgan fingerprint density at radius 3 is 3.07 bits per heavy atom. The molecule has 1 aliphatic carbocycles. The number of hydrogen-bond donors (Lipinski definition) is 3. The lowest BCUT2D eigenvalue weighted by atomic mass is 9.90. The molecule has 3 aromatic rings. The number of aromatic amines is 1. The Bertz CT molecular complexity index is 1050. The van der Waals surface area contributed by atoms with Crippen LogP contribution in [-0.4, -0.2) is 46.5 Å². The first-order chi connectivity index (χ1) is 14.8. The van der Waals surface area contributed by atoms with E-state index in [1.165, 1.54) is 24.0 Å². The minimum atomic E-state index is 0.0461. The first-order valence-electron chi connectivity index (χ1n) is 10.9. The molecule has 1 aromatic carbocycles. The van der Waals surface area contributed by atoms with Gasteiger partial charge in [0.05, 0.1) is 11.9 Å². The summed E-state index contributed by atoms with van der Waals surface area (Å²) in [7, 11) is 0. The number of piperidine rings is 1. The smallest absolute Gasteiger partial charge is 0.239 e. The molecule has 1 atom stereocenters. The number of aryl methyl sites for hydroxylation is 1. The highest BCUT2D eigenvalue weighted by Gasteiger charge is 2.24. The molecule has 3 heterocycles. The molecule has 1 amide bonds. The van der Waals surface area contributed by atoms with Crippen LogP contribution in [0.1, 0.15) is 36.8 Å². The minimum Gasteiger partial charge on any atom is -0.376 e. The maximum absolute atomic E-state index is 12.6. The number of carbonyl (C=O) groups is 1. The third-order valence-corrected chi connectivity index (χ3v) is 6.25. The van der Waals surface area contributed by atoms with Gasteiger partial charge < -0.3 is 20.5 Å². The Labute approximate surface area is 176 Å². The van der Waals surface area contributed by atoms with Gasteiger partial charge in [0.25, 0.3) is 0 Å². The second-order valence-electron chi connectivity index (χ2n) is 8.29. The van der Waals surface area contributed by atoms with Crippen molar-refractivity contribution in [2.45, 2.75) is 44.6 Å². The fourth-order valence-electron chi connectivity index (χ4n) is 4.80. The van der Waals surface area contributed by atoms with Gasteiger partial charge in [-0.2, -0.15) is 0 Å². The predicted molar refractivity (Wildman–Crippen MR) is 119 cm³/mol. The summed E-state index contributed by atoms with van der Waals surface area (Å²) in [6.45, 7) is 2.02. The normalized spacial score (nSPS) is 18.8. The van der Waals surface area contributed by atoms with Crippen LogP contribution < -0.4 is 15.5 Å². The van der Waals surface area contributed by atoms with E-state index in [9.17, 15) is 4.79 Å². The van der Waals surface area contributed by atoms with Crippen LogP contribution in [0.25, 0.3) is 11.0 Å². The van der Waals surface area contributed by atoms with Gasteiger partial charge in [-0.1, -0.05) is 12.1 Å². The number of anilines is 2. The lowest BCUT2D eigenvalue weighted by Crippen LogP contribution is -2.49. The maximum atomic E-state index is 12.6. The second kappa shape index (κ2) is 8.34. The number of hydrogen-bond acceptors (Lipinski definition) is 5. The summed E-state index contributed by atoms with van der Waals surface area (Å²) in [5, 5.41) is 7.62. The van der Waals surface area contributed by atoms with E-state index in [0.29, 0.717) is 6.54 Å². The van der Waals surface area contributed by atoms with Crippen molar-refractivity contribution in [2.75, 3.05) is 29.9 Å². The Morgan fingerprint density at radius 1 is 1.17 bits per heavy atom. The van der Waals surface area contributed by atoms with Crippen LogP contribution in [0.4, 0.5) is 11.5 Å². The molecule has 5 rings (SSSR count). The summed E-state index contributed by atoms with van der Waals surface area (Å²) in [6.07, 6.45) is 10.2. The van der Waals surface area contributed by atoms with E-state index in [2.05, 4.69) is 48.7 Å². The van der Waals surface area contributed by atoms with Crippen LogP contribution >= 0.6 is 0 Å². The standard InChI is InChI=1S/C23H28N6O/c30-21(13-25-20-9-3-6-16-5-1-2-8-18(16)20)28-17-7-4-12-29(14-17)23-19-10-11-24-22(19)26-15-27-23/h3,6,9-11,15,17,25H,1-2,4-5,7-8,12-14H2,(H,28,30)(H,24,26,27)/t17-/m0/s1. The summed E-state index contributed by atoms with van der Waals surface area (Å²) in [5.74, 6) is 0.985. The largest absolute Gasteiger partial charge is 0.376 e. The van der Waals surface area contributed by atoms with Crippen LogP contribution in [-0.2, 0) is 17.6 Å². The van der Waals surface area contributed by atoms with Crippen molar-refractivity contribution >= 4 is 28.4 Å². The van der Waals surface area contributed by atoms with Crippen LogP contribution in [0.5, 0.6) is 0 Å². The molecule has 2 aromatic heterocycles. The van der Waals surface area contributed by atoms with Crippen molar-refractivity contribution in [3.8, 4) is 0 Å². The van der Waals surface area contributed by atoms with E-state index >= 15 is 0 Å². The number of nitrogens with zero attached hydrogens (tertiary/aromatic N) is 3. The highest BCUT2D eigenvalue weighted by Crippen LogP contribution is 2.28. The number of benzene rings is 1. The van der Waals surface area contributed by atoms with Crippen LogP contribution in [0.3, 0.4) is 0 Å². The molecule has 1 fully saturated rings. The first-order valence-corrected chi connectivity index (χ1v) is 10.9. The van der Waals surface area contributed by atoms with Crippen molar-refractivity contribution in [1.82, 2.24) is 20.3 Å². The van der Waals surface area contributed by atoms with Crippen LogP contribution in [0, 0.1) is 0 Å². The zero-order valence-electron chi connectivity index (χ0n) is 17.2. The van der Waals surface area contributed by atoms with E-state index in [0.717, 1.165) is 61.3 Å². The zero-order chi connectivity index (χ0) is 20.3.